The summed E-state index contributed by atoms with van der Waals surface area (Å²) in [5, 5.41) is 2.92. The van der Waals surface area contributed by atoms with E-state index in [1.807, 2.05) is 0 Å². The Morgan fingerprint density at radius 2 is 1.96 bits per heavy atom. The van der Waals surface area contributed by atoms with Gasteiger partial charge in [0.2, 0.25) is 5.91 Å². The Kier molecular flexibility index (Phi) is 6.02. The Hall–Kier alpha value is -1.95. The first-order valence-electron chi connectivity index (χ1n) is 9.09. The fourth-order valence-corrected chi connectivity index (χ4v) is 3.52. The van der Waals surface area contributed by atoms with Gasteiger partial charge in [-0.15, -0.1) is 0 Å². The number of halogens is 1. The molecule has 136 valence electrons. The number of carbonyl (C=O) groups excluding carboxylic acids is 2. The molecule has 3 rings (SSSR count). The van der Waals surface area contributed by atoms with Gasteiger partial charge in [0.05, 0.1) is 0 Å². The smallest absolute Gasteiger partial charge is 0.252 e. The van der Waals surface area contributed by atoms with Crippen molar-refractivity contribution in [1.82, 2.24) is 10.2 Å². The summed E-state index contributed by atoms with van der Waals surface area (Å²) in [7, 11) is 0. The highest BCUT2D eigenvalue weighted by Gasteiger charge is 2.36. The molecule has 0 radical (unpaired) electrons. The van der Waals surface area contributed by atoms with E-state index in [0.717, 1.165) is 31.2 Å². The van der Waals surface area contributed by atoms with Crippen LogP contribution in [0.2, 0.25) is 0 Å². The van der Waals surface area contributed by atoms with Gasteiger partial charge < -0.3 is 15.0 Å². The molecular weight excluding hydrogens is 323 g/mol. The lowest BCUT2D eigenvalue weighted by molar-refractivity contribution is -0.149. The topological polar surface area (TPSA) is 58.6 Å². The van der Waals surface area contributed by atoms with E-state index in [0.29, 0.717) is 32.5 Å². The van der Waals surface area contributed by atoms with E-state index in [1.54, 1.807) is 17.0 Å². The van der Waals surface area contributed by atoms with Gasteiger partial charge in [0.25, 0.3) is 5.91 Å². The molecule has 0 unspecified atom stereocenters. The van der Waals surface area contributed by atoms with Crippen LogP contribution in [-0.2, 0) is 20.7 Å². The van der Waals surface area contributed by atoms with Crippen LogP contribution in [0, 0.1) is 5.82 Å². The summed E-state index contributed by atoms with van der Waals surface area (Å²) in [6, 6.07) is 5.87. The van der Waals surface area contributed by atoms with Crippen molar-refractivity contribution in [3.05, 3.63) is 35.6 Å². The van der Waals surface area contributed by atoms with Crippen LogP contribution in [0.5, 0.6) is 0 Å². The molecule has 2 fully saturated rings. The minimum absolute atomic E-state index is 0.0455. The molecule has 2 heterocycles. The minimum Gasteiger partial charge on any atom is -0.368 e. The van der Waals surface area contributed by atoms with E-state index in [9.17, 15) is 14.0 Å². The molecule has 1 aromatic carbocycles. The molecular formula is C19H25FN2O3. The van der Waals surface area contributed by atoms with Crippen molar-refractivity contribution in [3.63, 3.8) is 0 Å². The molecule has 1 N–H and O–H groups in total. The number of nitrogens with one attached hydrogen (secondary N) is 1. The number of hydrogen-bond donors (Lipinski definition) is 1. The number of amides is 2. The van der Waals surface area contributed by atoms with Crippen molar-refractivity contribution in [1.29, 1.82) is 0 Å². The van der Waals surface area contributed by atoms with Crippen molar-refractivity contribution < 1.29 is 18.7 Å². The summed E-state index contributed by atoms with van der Waals surface area (Å²) in [6.45, 7) is 1.72. The third-order valence-electron chi connectivity index (χ3n) is 4.92. The van der Waals surface area contributed by atoms with E-state index in [2.05, 4.69) is 5.32 Å². The molecule has 0 bridgehead atoms. The number of ether oxygens (including phenoxy) is 1. The second-order valence-corrected chi connectivity index (χ2v) is 6.71. The molecule has 0 spiro atoms. The van der Waals surface area contributed by atoms with Crippen LogP contribution < -0.4 is 5.32 Å². The normalized spacial score (nSPS) is 23.5. The fourth-order valence-electron chi connectivity index (χ4n) is 3.52. The van der Waals surface area contributed by atoms with Gasteiger partial charge in [0.1, 0.15) is 18.0 Å². The van der Waals surface area contributed by atoms with Crippen molar-refractivity contribution in [3.8, 4) is 0 Å². The molecule has 2 aliphatic rings. The van der Waals surface area contributed by atoms with E-state index >= 15 is 0 Å². The lowest BCUT2D eigenvalue weighted by Gasteiger charge is -2.36. The third kappa shape index (κ3) is 4.57. The average molecular weight is 348 g/mol. The lowest BCUT2D eigenvalue weighted by atomic mass is 10.00. The average Bonchev–Trinajstić information content (AvgIpc) is 3.17. The molecule has 2 amide bonds. The second-order valence-electron chi connectivity index (χ2n) is 6.71. The van der Waals surface area contributed by atoms with Crippen LogP contribution >= 0.6 is 0 Å². The van der Waals surface area contributed by atoms with Gasteiger partial charge in [0, 0.05) is 19.7 Å². The van der Waals surface area contributed by atoms with Gasteiger partial charge in [-0.05, 0) is 56.2 Å². The Balaban J connectivity index is 1.53. The van der Waals surface area contributed by atoms with Gasteiger partial charge >= 0.3 is 0 Å². The Morgan fingerprint density at radius 3 is 2.68 bits per heavy atom. The predicted molar refractivity (Wildman–Crippen MR) is 91.4 cm³/mol. The highest BCUT2D eigenvalue weighted by Crippen LogP contribution is 2.22. The number of benzene rings is 1. The van der Waals surface area contributed by atoms with E-state index in [1.165, 1.54) is 12.1 Å². The monoisotopic (exact) mass is 348 g/mol. The summed E-state index contributed by atoms with van der Waals surface area (Å²) in [6.07, 6.45) is 4.47. The molecule has 2 saturated heterocycles. The molecule has 5 nitrogen and oxygen atoms in total. The summed E-state index contributed by atoms with van der Waals surface area (Å²) < 4.78 is 18.4. The molecule has 0 aliphatic carbocycles. The van der Waals surface area contributed by atoms with E-state index in [4.69, 9.17) is 4.74 Å². The molecule has 0 aromatic heterocycles. The maximum absolute atomic E-state index is 12.9. The fraction of sp³-hybridized carbons (Fsp3) is 0.579. The molecule has 2 atom stereocenters. The Bertz CT molecular complexity index is 599. The van der Waals surface area contributed by atoms with Crippen molar-refractivity contribution in [2.24, 2.45) is 0 Å². The van der Waals surface area contributed by atoms with Crippen LogP contribution in [0.15, 0.2) is 24.3 Å². The first-order chi connectivity index (χ1) is 12.1. The van der Waals surface area contributed by atoms with Crippen molar-refractivity contribution in [2.45, 2.75) is 50.7 Å². The number of likely N-dealkylation sites (tertiary alicyclic amines) is 1. The van der Waals surface area contributed by atoms with Gasteiger partial charge in [-0.25, -0.2) is 4.39 Å². The summed E-state index contributed by atoms with van der Waals surface area (Å²) in [5.74, 6) is -0.415. The second kappa shape index (κ2) is 8.43. The first-order valence-corrected chi connectivity index (χ1v) is 9.09. The van der Waals surface area contributed by atoms with Crippen LogP contribution in [0.3, 0.4) is 0 Å². The zero-order valence-corrected chi connectivity index (χ0v) is 14.4. The number of nitrogens with zero attached hydrogens (tertiary/aromatic N) is 1. The lowest BCUT2D eigenvalue weighted by Crippen LogP contribution is -2.54. The van der Waals surface area contributed by atoms with Crippen LogP contribution in [-0.4, -0.2) is 48.6 Å². The first kappa shape index (κ1) is 17.9. The minimum atomic E-state index is -0.404. The van der Waals surface area contributed by atoms with E-state index in [-0.39, 0.29) is 23.7 Å². The summed E-state index contributed by atoms with van der Waals surface area (Å²) >= 11 is 0. The van der Waals surface area contributed by atoms with Crippen LogP contribution in [0.4, 0.5) is 4.39 Å². The largest absolute Gasteiger partial charge is 0.368 e. The molecule has 0 saturated carbocycles. The van der Waals surface area contributed by atoms with Crippen molar-refractivity contribution >= 4 is 11.8 Å². The molecule has 2 aliphatic heterocycles. The molecule has 6 heteroatoms. The number of piperidine rings is 1. The number of rotatable bonds is 5. The van der Waals surface area contributed by atoms with Gasteiger partial charge in [0.15, 0.2) is 0 Å². The number of hydrogen-bond acceptors (Lipinski definition) is 3. The Morgan fingerprint density at radius 1 is 1.16 bits per heavy atom. The SMILES string of the molecule is O=C(NCCc1ccc(F)cc1)[C@@H]1CCCCN1C(=O)[C@H]1CCCO1. The van der Waals surface area contributed by atoms with Gasteiger partial charge in [-0.2, -0.15) is 0 Å². The predicted octanol–water partition coefficient (Wildman–Crippen LogP) is 2.04. The van der Waals surface area contributed by atoms with Crippen LogP contribution in [0.1, 0.15) is 37.7 Å². The number of carbonyl (C=O) groups is 2. The van der Waals surface area contributed by atoms with Crippen LogP contribution in [0.25, 0.3) is 0 Å². The molecule has 25 heavy (non-hydrogen) atoms. The summed E-state index contributed by atoms with van der Waals surface area (Å²) in [4.78, 5) is 26.9. The maximum Gasteiger partial charge on any atom is 0.252 e. The van der Waals surface area contributed by atoms with Gasteiger partial charge in [-0.3, -0.25) is 9.59 Å². The zero-order valence-electron chi connectivity index (χ0n) is 14.4. The maximum atomic E-state index is 12.9. The third-order valence-corrected chi connectivity index (χ3v) is 4.92. The Labute approximate surface area is 147 Å². The van der Waals surface area contributed by atoms with Crippen molar-refractivity contribution in [2.75, 3.05) is 19.7 Å². The summed E-state index contributed by atoms with van der Waals surface area (Å²) in [5.41, 5.74) is 0.970. The highest BCUT2D eigenvalue weighted by molar-refractivity contribution is 5.89. The van der Waals surface area contributed by atoms with Gasteiger partial charge in [-0.1, -0.05) is 12.1 Å². The molecule has 1 aromatic rings. The quantitative estimate of drug-likeness (QED) is 0.886. The highest BCUT2D eigenvalue weighted by atomic mass is 19.1. The van der Waals surface area contributed by atoms with E-state index < -0.39 is 6.04 Å². The zero-order chi connectivity index (χ0) is 17.6. The standard InChI is InChI=1S/C19H25FN2O3/c20-15-8-6-14(7-9-15)10-11-21-18(23)16-4-1-2-12-22(16)19(24)17-5-3-13-25-17/h6-9,16-17H,1-5,10-13H2,(H,21,23)/t16-,17+/m0/s1.